The minimum atomic E-state index is -0.0791. The number of benzene rings is 1. The lowest BCUT2D eigenvalue weighted by Crippen LogP contribution is -2.50. The molecule has 4 rings (SSSR count). The van der Waals surface area contributed by atoms with Crippen LogP contribution in [0, 0.1) is 5.92 Å². The molecule has 0 aliphatic carbocycles. The third-order valence-electron chi connectivity index (χ3n) is 5.15. The largest absolute Gasteiger partial charge is 0.485 e. The summed E-state index contributed by atoms with van der Waals surface area (Å²) in [5.74, 6) is 1.73. The Kier molecular flexibility index (Phi) is 4.07. The van der Waals surface area contributed by atoms with Gasteiger partial charge in [-0.1, -0.05) is 18.2 Å². The fourth-order valence-corrected chi connectivity index (χ4v) is 3.93. The average Bonchev–Trinajstić information content (AvgIpc) is 2.97. The summed E-state index contributed by atoms with van der Waals surface area (Å²) in [5.41, 5.74) is 1.23. The Morgan fingerprint density at radius 3 is 2.77 bits per heavy atom. The zero-order valence-electron chi connectivity index (χ0n) is 13.1. The number of para-hydroxylation sites is 1. The third-order valence-corrected chi connectivity index (χ3v) is 5.15. The van der Waals surface area contributed by atoms with Gasteiger partial charge in [-0.05, 0) is 18.4 Å². The van der Waals surface area contributed by atoms with Crippen LogP contribution in [0.4, 0.5) is 0 Å². The molecule has 0 radical (unpaired) electrons. The van der Waals surface area contributed by atoms with Crippen molar-refractivity contribution in [2.75, 3.05) is 39.5 Å². The Hall–Kier alpha value is -1.10. The molecule has 0 amide bonds. The van der Waals surface area contributed by atoms with E-state index in [0.717, 1.165) is 64.7 Å². The van der Waals surface area contributed by atoms with Gasteiger partial charge >= 0.3 is 0 Å². The molecule has 1 atom stereocenters. The summed E-state index contributed by atoms with van der Waals surface area (Å²) in [6.07, 6.45) is 3.16. The number of nitrogens with zero attached hydrogens (tertiary/aromatic N) is 1. The van der Waals surface area contributed by atoms with Gasteiger partial charge in [0.05, 0.1) is 19.8 Å². The Balaban J connectivity index is 1.58. The second-order valence-corrected chi connectivity index (χ2v) is 6.90. The standard InChI is InChI=1S/C18H25NO3/c1-2-4-17-16(3-1)12-19(11-15-5-8-21-13-15)14-18(22-17)6-9-20-10-7-18/h1-4,15H,5-14H2/t15-/m0/s1. The molecule has 2 saturated heterocycles. The van der Waals surface area contributed by atoms with Crippen molar-refractivity contribution in [3.8, 4) is 5.75 Å². The predicted molar refractivity (Wildman–Crippen MR) is 84.1 cm³/mol. The summed E-state index contributed by atoms with van der Waals surface area (Å²) < 4.78 is 17.7. The van der Waals surface area contributed by atoms with Gasteiger partial charge in [-0.3, -0.25) is 4.90 Å². The number of ether oxygens (including phenoxy) is 3. The van der Waals surface area contributed by atoms with Crippen LogP contribution in [-0.4, -0.2) is 50.0 Å². The molecule has 120 valence electrons. The van der Waals surface area contributed by atoms with Gasteiger partial charge in [0.2, 0.25) is 0 Å². The minimum absolute atomic E-state index is 0.0791. The number of fused-ring (bicyclic) bond motifs is 1. The molecule has 1 spiro atoms. The van der Waals surface area contributed by atoms with E-state index >= 15 is 0 Å². The smallest absolute Gasteiger partial charge is 0.126 e. The second kappa shape index (κ2) is 6.19. The monoisotopic (exact) mass is 303 g/mol. The van der Waals surface area contributed by atoms with Crippen molar-refractivity contribution in [3.05, 3.63) is 29.8 Å². The van der Waals surface area contributed by atoms with Crippen molar-refractivity contribution in [1.82, 2.24) is 4.90 Å². The van der Waals surface area contributed by atoms with Gasteiger partial charge in [-0.2, -0.15) is 0 Å². The summed E-state index contributed by atoms with van der Waals surface area (Å²) in [7, 11) is 0. The quantitative estimate of drug-likeness (QED) is 0.840. The van der Waals surface area contributed by atoms with Gasteiger partial charge in [0.25, 0.3) is 0 Å². The second-order valence-electron chi connectivity index (χ2n) is 6.90. The number of hydrogen-bond acceptors (Lipinski definition) is 4. The first-order chi connectivity index (χ1) is 10.8. The summed E-state index contributed by atoms with van der Waals surface area (Å²) in [4.78, 5) is 2.58. The van der Waals surface area contributed by atoms with E-state index in [1.807, 2.05) is 0 Å². The SMILES string of the molecule is c1ccc2c(c1)CN(C[C@@H]1CCOC1)CC1(CCOCC1)O2. The minimum Gasteiger partial charge on any atom is -0.485 e. The fourth-order valence-electron chi connectivity index (χ4n) is 3.93. The van der Waals surface area contributed by atoms with E-state index in [1.165, 1.54) is 12.0 Å². The zero-order chi connectivity index (χ0) is 14.8. The molecule has 0 unspecified atom stereocenters. The van der Waals surface area contributed by atoms with Crippen molar-refractivity contribution in [2.45, 2.75) is 31.4 Å². The molecule has 4 nitrogen and oxygen atoms in total. The van der Waals surface area contributed by atoms with Crippen molar-refractivity contribution in [1.29, 1.82) is 0 Å². The van der Waals surface area contributed by atoms with E-state index in [2.05, 4.69) is 29.2 Å². The maximum absolute atomic E-state index is 6.53. The van der Waals surface area contributed by atoms with Crippen molar-refractivity contribution < 1.29 is 14.2 Å². The van der Waals surface area contributed by atoms with Crippen LogP contribution < -0.4 is 4.74 Å². The van der Waals surface area contributed by atoms with Gasteiger partial charge in [0.1, 0.15) is 11.4 Å². The Bertz CT molecular complexity index is 507. The molecule has 2 fully saturated rings. The van der Waals surface area contributed by atoms with Gasteiger partial charge in [-0.25, -0.2) is 0 Å². The number of rotatable bonds is 2. The fraction of sp³-hybridized carbons (Fsp3) is 0.667. The van der Waals surface area contributed by atoms with Crippen LogP contribution in [0.1, 0.15) is 24.8 Å². The third kappa shape index (κ3) is 3.00. The molecular weight excluding hydrogens is 278 g/mol. The summed E-state index contributed by atoms with van der Waals surface area (Å²) >= 11 is 0. The molecule has 22 heavy (non-hydrogen) atoms. The highest BCUT2D eigenvalue weighted by Gasteiger charge is 2.39. The van der Waals surface area contributed by atoms with E-state index in [9.17, 15) is 0 Å². The van der Waals surface area contributed by atoms with E-state index in [-0.39, 0.29) is 5.60 Å². The first-order valence-corrected chi connectivity index (χ1v) is 8.48. The summed E-state index contributed by atoms with van der Waals surface area (Å²) in [6, 6.07) is 8.51. The molecule has 3 aliphatic rings. The number of hydrogen-bond donors (Lipinski definition) is 0. The molecule has 4 heteroatoms. The normalized spacial score (nSPS) is 28.1. The van der Waals surface area contributed by atoms with Crippen LogP contribution in [-0.2, 0) is 16.0 Å². The van der Waals surface area contributed by atoms with Crippen LogP contribution in [0.2, 0.25) is 0 Å². The lowest BCUT2D eigenvalue weighted by atomic mass is 9.93. The van der Waals surface area contributed by atoms with Crippen LogP contribution in [0.25, 0.3) is 0 Å². The Morgan fingerprint density at radius 1 is 1.09 bits per heavy atom. The lowest BCUT2D eigenvalue weighted by Gasteiger charge is -2.39. The topological polar surface area (TPSA) is 30.9 Å². The molecule has 0 saturated carbocycles. The van der Waals surface area contributed by atoms with E-state index in [1.54, 1.807) is 0 Å². The maximum Gasteiger partial charge on any atom is 0.126 e. The van der Waals surface area contributed by atoms with E-state index < -0.39 is 0 Å². The Morgan fingerprint density at radius 2 is 1.95 bits per heavy atom. The van der Waals surface area contributed by atoms with Crippen LogP contribution in [0.5, 0.6) is 5.75 Å². The highest BCUT2D eigenvalue weighted by Crippen LogP contribution is 2.35. The molecule has 3 heterocycles. The molecule has 0 N–H and O–H groups in total. The first kappa shape index (κ1) is 14.5. The Labute approximate surface area is 132 Å². The van der Waals surface area contributed by atoms with Gasteiger partial charge < -0.3 is 14.2 Å². The van der Waals surface area contributed by atoms with Crippen LogP contribution >= 0.6 is 0 Å². The van der Waals surface area contributed by atoms with Crippen molar-refractivity contribution in [2.24, 2.45) is 5.92 Å². The molecule has 1 aromatic rings. The first-order valence-electron chi connectivity index (χ1n) is 8.48. The molecule has 0 bridgehead atoms. The van der Waals surface area contributed by atoms with E-state index in [4.69, 9.17) is 14.2 Å². The van der Waals surface area contributed by atoms with Crippen molar-refractivity contribution >= 4 is 0 Å². The highest BCUT2D eigenvalue weighted by atomic mass is 16.5. The summed E-state index contributed by atoms with van der Waals surface area (Å²) in [5, 5.41) is 0. The molecule has 1 aromatic carbocycles. The van der Waals surface area contributed by atoms with Crippen LogP contribution in [0.3, 0.4) is 0 Å². The van der Waals surface area contributed by atoms with Crippen LogP contribution in [0.15, 0.2) is 24.3 Å². The molecular formula is C18H25NO3. The maximum atomic E-state index is 6.53. The zero-order valence-corrected chi connectivity index (χ0v) is 13.1. The van der Waals surface area contributed by atoms with Gasteiger partial charge in [0.15, 0.2) is 0 Å². The van der Waals surface area contributed by atoms with Gasteiger partial charge in [0, 0.05) is 44.6 Å². The summed E-state index contributed by atoms with van der Waals surface area (Å²) in [6.45, 7) is 6.54. The predicted octanol–water partition coefficient (Wildman–Crippen LogP) is 2.47. The van der Waals surface area contributed by atoms with Crippen molar-refractivity contribution in [3.63, 3.8) is 0 Å². The lowest BCUT2D eigenvalue weighted by molar-refractivity contribution is -0.0598. The van der Waals surface area contributed by atoms with E-state index in [0.29, 0.717) is 5.92 Å². The van der Waals surface area contributed by atoms with Gasteiger partial charge in [-0.15, -0.1) is 0 Å². The molecule has 3 aliphatic heterocycles. The molecule has 0 aromatic heterocycles. The average molecular weight is 303 g/mol. The highest BCUT2D eigenvalue weighted by molar-refractivity contribution is 5.35.